The molecule has 0 aromatic rings. The average Bonchev–Trinajstić information content (AvgIpc) is 2.38. The highest BCUT2D eigenvalue weighted by Gasteiger charge is 2.14. The first-order valence-corrected chi connectivity index (χ1v) is 7.71. The molecule has 0 fully saturated rings. The SMILES string of the molecule is CCOC(OCC)C(C)/C=C/C=C(\C)CCC=C(C)C. The van der Waals surface area contributed by atoms with Crippen molar-refractivity contribution in [3.63, 3.8) is 0 Å². The highest BCUT2D eigenvalue weighted by atomic mass is 16.7. The van der Waals surface area contributed by atoms with Gasteiger partial charge in [-0.1, -0.05) is 42.4 Å². The Labute approximate surface area is 125 Å². The first kappa shape index (κ1) is 19.1. The smallest absolute Gasteiger partial charge is 0.163 e. The van der Waals surface area contributed by atoms with E-state index in [-0.39, 0.29) is 12.2 Å². The van der Waals surface area contributed by atoms with Crippen molar-refractivity contribution in [2.24, 2.45) is 5.92 Å². The molecule has 0 aliphatic heterocycles. The lowest BCUT2D eigenvalue weighted by Gasteiger charge is -2.20. The Morgan fingerprint density at radius 1 is 1.05 bits per heavy atom. The van der Waals surface area contributed by atoms with Crippen LogP contribution in [0.5, 0.6) is 0 Å². The first-order chi connectivity index (χ1) is 9.51. The van der Waals surface area contributed by atoms with Gasteiger partial charge in [-0.15, -0.1) is 0 Å². The number of rotatable bonds is 10. The van der Waals surface area contributed by atoms with E-state index in [2.05, 4.69) is 52.0 Å². The second-order valence-electron chi connectivity index (χ2n) is 5.36. The number of ether oxygens (including phenoxy) is 2. The van der Waals surface area contributed by atoms with Crippen molar-refractivity contribution >= 4 is 0 Å². The number of hydrogen-bond acceptors (Lipinski definition) is 2. The molecule has 116 valence electrons. The third kappa shape index (κ3) is 9.99. The summed E-state index contributed by atoms with van der Waals surface area (Å²) in [5, 5.41) is 0. The van der Waals surface area contributed by atoms with Crippen LogP contribution in [0, 0.1) is 5.92 Å². The third-order valence-corrected chi connectivity index (χ3v) is 2.98. The standard InChI is InChI=1S/C18H32O2/c1-7-19-18(20-8-2)17(6)14-10-13-16(5)12-9-11-15(3)4/h10-11,13-14,17-18H,7-9,12H2,1-6H3/b14-10+,16-13+. The van der Waals surface area contributed by atoms with Gasteiger partial charge in [0.1, 0.15) is 0 Å². The summed E-state index contributed by atoms with van der Waals surface area (Å²) in [4.78, 5) is 0. The fourth-order valence-electron chi connectivity index (χ4n) is 1.84. The van der Waals surface area contributed by atoms with Gasteiger partial charge < -0.3 is 9.47 Å². The van der Waals surface area contributed by atoms with Crippen LogP contribution in [0.2, 0.25) is 0 Å². The van der Waals surface area contributed by atoms with Crippen molar-refractivity contribution in [3.05, 3.63) is 35.5 Å². The average molecular weight is 280 g/mol. The van der Waals surface area contributed by atoms with Crippen molar-refractivity contribution in [1.29, 1.82) is 0 Å². The normalized spacial score (nSPS) is 14.1. The van der Waals surface area contributed by atoms with Crippen LogP contribution in [0.4, 0.5) is 0 Å². The van der Waals surface area contributed by atoms with Crippen molar-refractivity contribution in [1.82, 2.24) is 0 Å². The Morgan fingerprint density at radius 3 is 2.15 bits per heavy atom. The Kier molecular flexibility index (Phi) is 11.4. The van der Waals surface area contributed by atoms with E-state index in [1.54, 1.807) is 0 Å². The van der Waals surface area contributed by atoms with Gasteiger partial charge >= 0.3 is 0 Å². The van der Waals surface area contributed by atoms with E-state index in [9.17, 15) is 0 Å². The van der Waals surface area contributed by atoms with Crippen LogP contribution in [0.25, 0.3) is 0 Å². The molecule has 0 aliphatic rings. The summed E-state index contributed by atoms with van der Waals surface area (Å²) in [5.74, 6) is 0.261. The summed E-state index contributed by atoms with van der Waals surface area (Å²) in [6, 6.07) is 0. The van der Waals surface area contributed by atoms with E-state index in [4.69, 9.17) is 9.47 Å². The second-order valence-corrected chi connectivity index (χ2v) is 5.36. The summed E-state index contributed by atoms with van der Waals surface area (Å²) in [6.07, 6.45) is 10.8. The van der Waals surface area contributed by atoms with Crippen molar-refractivity contribution in [2.45, 2.75) is 60.7 Å². The molecule has 1 unspecified atom stereocenters. The molecule has 0 heterocycles. The maximum atomic E-state index is 5.59. The summed E-state index contributed by atoms with van der Waals surface area (Å²) in [5.41, 5.74) is 2.79. The molecule has 0 radical (unpaired) electrons. The maximum absolute atomic E-state index is 5.59. The molecule has 0 bridgehead atoms. The quantitative estimate of drug-likeness (QED) is 0.308. The van der Waals surface area contributed by atoms with Crippen LogP contribution in [-0.4, -0.2) is 19.5 Å². The first-order valence-electron chi connectivity index (χ1n) is 7.71. The Balaban J connectivity index is 4.27. The molecule has 0 aromatic carbocycles. The van der Waals surface area contributed by atoms with Gasteiger partial charge in [0.15, 0.2) is 6.29 Å². The third-order valence-electron chi connectivity index (χ3n) is 2.98. The van der Waals surface area contributed by atoms with Crippen LogP contribution < -0.4 is 0 Å². The summed E-state index contributed by atoms with van der Waals surface area (Å²) in [7, 11) is 0. The highest BCUT2D eigenvalue weighted by molar-refractivity contribution is 5.12. The molecular formula is C18H32O2. The second kappa shape index (κ2) is 11.9. The molecule has 0 amide bonds. The molecule has 2 nitrogen and oxygen atoms in total. The van der Waals surface area contributed by atoms with E-state index >= 15 is 0 Å². The zero-order valence-corrected chi connectivity index (χ0v) is 14.1. The summed E-state index contributed by atoms with van der Waals surface area (Å²) < 4.78 is 11.2. The van der Waals surface area contributed by atoms with Gasteiger partial charge in [0.2, 0.25) is 0 Å². The number of allylic oxidation sites excluding steroid dienone is 5. The minimum absolute atomic E-state index is 0.138. The van der Waals surface area contributed by atoms with Crippen LogP contribution in [-0.2, 0) is 9.47 Å². The van der Waals surface area contributed by atoms with Crippen LogP contribution >= 0.6 is 0 Å². The molecule has 0 aromatic heterocycles. The molecule has 0 aliphatic carbocycles. The molecule has 20 heavy (non-hydrogen) atoms. The molecule has 0 N–H and O–H groups in total. The van der Waals surface area contributed by atoms with E-state index in [0.29, 0.717) is 13.2 Å². The zero-order valence-electron chi connectivity index (χ0n) is 14.1. The van der Waals surface area contributed by atoms with E-state index in [1.165, 1.54) is 11.1 Å². The van der Waals surface area contributed by atoms with Crippen molar-refractivity contribution < 1.29 is 9.47 Å². The largest absolute Gasteiger partial charge is 0.352 e. The van der Waals surface area contributed by atoms with E-state index in [1.807, 2.05) is 13.8 Å². The molecule has 1 atom stereocenters. The Hall–Kier alpha value is -0.860. The lowest BCUT2D eigenvalue weighted by Crippen LogP contribution is -2.24. The van der Waals surface area contributed by atoms with Crippen LogP contribution in [0.3, 0.4) is 0 Å². The van der Waals surface area contributed by atoms with Gasteiger partial charge in [0.05, 0.1) is 0 Å². The topological polar surface area (TPSA) is 18.5 Å². The molecule has 0 saturated heterocycles. The summed E-state index contributed by atoms with van der Waals surface area (Å²) >= 11 is 0. The van der Waals surface area contributed by atoms with E-state index < -0.39 is 0 Å². The fraction of sp³-hybridized carbons (Fsp3) is 0.667. The lowest BCUT2D eigenvalue weighted by molar-refractivity contribution is -0.154. The number of hydrogen-bond donors (Lipinski definition) is 0. The molecule has 0 spiro atoms. The maximum Gasteiger partial charge on any atom is 0.163 e. The summed E-state index contributed by atoms with van der Waals surface area (Å²) in [6.45, 7) is 13.9. The predicted molar refractivity (Wildman–Crippen MR) is 87.8 cm³/mol. The van der Waals surface area contributed by atoms with Gasteiger partial charge in [-0.05, 0) is 47.5 Å². The fourth-order valence-corrected chi connectivity index (χ4v) is 1.84. The molecule has 2 heteroatoms. The predicted octanol–water partition coefficient (Wildman–Crippen LogP) is 5.27. The van der Waals surface area contributed by atoms with Crippen molar-refractivity contribution in [2.75, 3.05) is 13.2 Å². The minimum atomic E-state index is -0.138. The van der Waals surface area contributed by atoms with Gasteiger partial charge in [-0.2, -0.15) is 0 Å². The van der Waals surface area contributed by atoms with Crippen LogP contribution in [0.1, 0.15) is 54.4 Å². The van der Waals surface area contributed by atoms with Gasteiger partial charge in [-0.3, -0.25) is 0 Å². The minimum Gasteiger partial charge on any atom is -0.352 e. The van der Waals surface area contributed by atoms with E-state index in [0.717, 1.165) is 12.8 Å². The van der Waals surface area contributed by atoms with Gasteiger partial charge in [0, 0.05) is 19.1 Å². The molecule has 0 saturated carbocycles. The van der Waals surface area contributed by atoms with Crippen LogP contribution in [0.15, 0.2) is 35.5 Å². The lowest BCUT2D eigenvalue weighted by atomic mass is 10.1. The zero-order chi connectivity index (χ0) is 15.4. The Morgan fingerprint density at radius 2 is 1.65 bits per heavy atom. The highest BCUT2D eigenvalue weighted by Crippen LogP contribution is 2.12. The molecule has 0 rings (SSSR count). The van der Waals surface area contributed by atoms with Crippen molar-refractivity contribution in [3.8, 4) is 0 Å². The molecular weight excluding hydrogens is 248 g/mol. The van der Waals surface area contributed by atoms with Gasteiger partial charge in [-0.25, -0.2) is 0 Å². The van der Waals surface area contributed by atoms with Gasteiger partial charge in [0.25, 0.3) is 0 Å². The monoisotopic (exact) mass is 280 g/mol. The Bertz CT molecular complexity index is 316.